The first-order chi connectivity index (χ1) is 65.1. The zero-order chi connectivity index (χ0) is 102. The van der Waals surface area contributed by atoms with Gasteiger partial charge in [0.05, 0.1) is 61.0 Å². The van der Waals surface area contributed by atoms with E-state index in [1.165, 1.54) is 128 Å². The van der Waals surface area contributed by atoms with E-state index in [0.29, 0.717) is 17.8 Å². The van der Waals surface area contributed by atoms with Gasteiger partial charge in [0.2, 0.25) is 0 Å². The van der Waals surface area contributed by atoms with Crippen LogP contribution in [0.3, 0.4) is 0 Å². The summed E-state index contributed by atoms with van der Waals surface area (Å²) >= 11 is 0. The van der Waals surface area contributed by atoms with Crippen LogP contribution in [0, 0.1) is 123 Å². The molecule has 0 aliphatic rings. The van der Waals surface area contributed by atoms with Crippen LogP contribution in [-0.2, 0) is 87.5 Å². The molecule has 10 aromatic carbocycles. The molecule has 0 fully saturated rings. The van der Waals surface area contributed by atoms with Crippen LogP contribution in [0.2, 0.25) is 39.3 Å². The zero-order valence-corrected chi connectivity index (χ0v) is 98.1. The topological polar surface area (TPSA) is 176 Å². The Morgan fingerprint density at radius 1 is 0.326 bits per heavy atom. The van der Waals surface area contributed by atoms with Crippen LogP contribution in [0.4, 0.5) is 0 Å². The van der Waals surface area contributed by atoms with Gasteiger partial charge in [0.25, 0.3) is 0 Å². The number of ketones is 3. The maximum absolute atomic E-state index is 11.7. The molecule has 0 atom stereocenters. The predicted molar refractivity (Wildman–Crippen MR) is 593 cm³/mol. The fraction of sp³-hybridized carbons (Fsp3) is 0.328. The van der Waals surface area contributed by atoms with Gasteiger partial charge in [-0.25, -0.2) is 0 Å². The minimum atomic E-state index is -1.28. The molecule has 5 heterocycles. The second-order valence-corrected chi connectivity index (χ2v) is 50.3. The Labute approximate surface area is 886 Å². The second kappa shape index (κ2) is 56.9. The summed E-state index contributed by atoms with van der Waals surface area (Å²) in [4.78, 5) is 56.0. The molecule has 3 radical (unpaired) electrons. The molecule has 11 nitrogen and oxygen atoms in total. The van der Waals surface area contributed by atoms with Gasteiger partial charge in [-0.05, 0) is 181 Å². The summed E-state index contributed by atoms with van der Waals surface area (Å²) in [5, 5.41) is 35.5. The molecule has 0 aliphatic carbocycles. The van der Waals surface area contributed by atoms with E-state index in [-0.39, 0.29) is 107 Å². The van der Waals surface area contributed by atoms with E-state index >= 15 is 0 Å². The van der Waals surface area contributed by atoms with Crippen molar-refractivity contribution < 1.29 is 90.0 Å². The number of carbonyl (C=O) groups excluding carboxylic acids is 3. The summed E-state index contributed by atoms with van der Waals surface area (Å²) in [6, 6.07) is 93.0. The molecule has 0 saturated heterocycles. The minimum Gasteiger partial charge on any atom is -0.512 e. The summed E-state index contributed by atoms with van der Waals surface area (Å²) in [5.74, 6) is 2.25. The molecule has 0 spiro atoms. The number of nitrogens with zero attached hydrogens (tertiary/aromatic N) is 5. The van der Waals surface area contributed by atoms with E-state index in [9.17, 15) is 19.5 Å². The van der Waals surface area contributed by atoms with Gasteiger partial charge in [0.15, 0.2) is 17.3 Å². The van der Waals surface area contributed by atoms with Gasteiger partial charge in [-0.1, -0.05) is 309 Å². The van der Waals surface area contributed by atoms with Gasteiger partial charge in [-0.3, -0.25) is 39.3 Å². The van der Waals surface area contributed by atoms with E-state index in [2.05, 4.69) is 393 Å². The number of hydrogen-bond donors (Lipinski definition) is 3. The first kappa shape index (κ1) is 121. The average Bonchev–Trinajstić information content (AvgIpc) is 0.783. The first-order valence-electron chi connectivity index (χ1n) is 48.8. The van der Waals surface area contributed by atoms with Crippen molar-refractivity contribution in [1.82, 2.24) is 24.9 Å². The smallest absolute Gasteiger partial charge is 0.162 e. The summed E-state index contributed by atoms with van der Waals surface area (Å²) in [5.41, 5.74) is 31.8. The van der Waals surface area contributed by atoms with Crippen molar-refractivity contribution >= 4 is 98.4 Å². The number of aliphatic hydroxyl groups excluding tert-OH is 3. The molecule has 141 heavy (non-hydrogen) atoms. The molecule has 5 aromatic heterocycles. The van der Waals surface area contributed by atoms with E-state index in [4.69, 9.17) is 35.1 Å². The van der Waals surface area contributed by atoms with Crippen molar-refractivity contribution in [3.05, 3.63) is 350 Å². The van der Waals surface area contributed by atoms with Crippen LogP contribution in [-0.4, -0.2) is 73.7 Å². The maximum Gasteiger partial charge on any atom is 0.162 e. The number of hydrogen-bond acceptors (Lipinski definition) is 11. The molecule has 0 saturated carbocycles. The quantitative estimate of drug-likeness (QED) is 0.0270. The molecule has 749 valence electrons. The van der Waals surface area contributed by atoms with Crippen molar-refractivity contribution in [2.75, 3.05) is 0 Å². The standard InChI is InChI=1S/2C21H22N.2C20H22NSi.C20H20N.C13H24O2.2C5H8O2.3Ir/c2*1-14(2)9-17-5-6-18-7-8-20(22-21(18)13-17)19-11-15(3)10-16(4)12-19;2*1-14-10-15(2)12-17(11-14)20-8-6-16-13-18(22(3,4)5)7-9-19(16)21-20;1-13(2)17-6-5-7-20-18(17)8-9-19(21-20)16-11-14(3)10-15(4)12-16;1-5-10(6-2)12(14)9-13(15)11(7-3)8-4;2*1-4(6)3-5(2)7;;;/h2*5-8,10-11,13-14H,9H2,1-4H3;2*6-11,13H,1-5H3;5-11,13H,1-4H3;9-11,14H,5-8H2,1-4H3;2*3,6H,1-2H3;;;/q5*-1;;;;;;. The largest absolute Gasteiger partial charge is 0.512 e. The van der Waals surface area contributed by atoms with Crippen LogP contribution in [0.1, 0.15) is 201 Å². The predicted octanol–water partition coefficient (Wildman–Crippen LogP) is 32.1. The molecule has 0 unspecified atom stereocenters. The van der Waals surface area contributed by atoms with Crippen LogP contribution in [0.15, 0.2) is 248 Å². The number of benzene rings is 10. The number of rotatable bonds is 21. The van der Waals surface area contributed by atoms with Crippen molar-refractivity contribution in [2.45, 2.75) is 250 Å². The Morgan fingerprint density at radius 2 is 0.617 bits per heavy atom. The maximum atomic E-state index is 11.7. The summed E-state index contributed by atoms with van der Waals surface area (Å²) in [6.07, 6.45) is 9.43. The third-order valence-electron chi connectivity index (χ3n) is 23.3. The third-order valence-corrected chi connectivity index (χ3v) is 27.4. The van der Waals surface area contributed by atoms with E-state index in [0.717, 1.165) is 150 Å². The van der Waals surface area contributed by atoms with E-state index < -0.39 is 16.1 Å². The van der Waals surface area contributed by atoms with Gasteiger partial charge >= 0.3 is 0 Å². The zero-order valence-electron chi connectivity index (χ0n) is 88.9. The van der Waals surface area contributed by atoms with Crippen LogP contribution in [0.25, 0.3) is 111 Å². The number of aliphatic hydroxyl groups is 3. The third kappa shape index (κ3) is 38.8. The normalized spacial score (nSPS) is 11.4. The molecule has 0 aliphatic heterocycles. The van der Waals surface area contributed by atoms with Gasteiger partial charge in [-0.2, -0.15) is 0 Å². The van der Waals surface area contributed by atoms with Gasteiger partial charge in [0.1, 0.15) is 0 Å². The van der Waals surface area contributed by atoms with Gasteiger partial charge in [-0.15, -0.1) is 174 Å². The van der Waals surface area contributed by atoms with Crippen LogP contribution < -0.4 is 10.4 Å². The van der Waals surface area contributed by atoms with E-state index in [1.54, 1.807) is 0 Å². The molecule has 0 bridgehead atoms. The first-order valence-corrected chi connectivity index (χ1v) is 55.8. The number of pyridine rings is 5. The van der Waals surface area contributed by atoms with Crippen molar-refractivity contribution in [2.24, 2.45) is 23.7 Å². The summed E-state index contributed by atoms with van der Waals surface area (Å²) in [7, 11) is -2.55. The Kier molecular flexibility index (Phi) is 48.8. The monoisotopic (exact) mass is 2450 g/mol. The fourth-order valence-electron chi connectivity index (χ4n) is 16.7. The Hall–Kier alpha value is -10.7. The van der Waals surface area contributed by atoms with Gasteiger partial charge < -0.3 is 15.3 Å². The van der Waals surface area contributed by atoms with Gasteiger partial charge in [0, 0.05) is 95.8 Å². The van der Waals surface area contributed by atoms with Crippen molar-refractivity contribution in [3.63, 3.8) is 0 Å². The van der Waals surface area contributed by atoms with E-state index in [1.807, 2.05) is 27.7 Å². The fourth-order valence-corrected chi connectivity index (χ4v) is 19.0. The molecule has 3 N–H and O–H groups in total. The molecule has 15 aromatic rings. The van der Waals surface area contributed by atoms with Crippen LogP contribution >= 0.6 is 0 Å². The second-order valence-electron chi connectivity index (χ2n) is 40.2. The number of aromatic nitrogens is 5. The SMILES string of the molecule is CC(=O)C=C(C)O.CC(=O)C=C(C)O.CCC(CC)C(=O)C=C(O)C(CC)CC.Cc1[c-]c(-c2ccc3c(C(C)C)cccc3n2)cc(C)c1.Cc1[c-]c(-c2ccc3cc([Si](C)(C)C)ccc3n2)cc(C)c1.Cc1[c-]c(-c2ccc3cc([Si](C)(C)C)ccc3n2)cc(C)c1.Cc1[c-]c(-c2ccc3ccc(CC(C)C)cc3n2)cc(C)c1.Cc1[c-]c(-c2ccc3ccc(CC(C)C)cc3n2)cc(C)c1.[Ir].[Ir].[Ir]. The molecule has 15 rings (SSSR count). The number of allylic oxidation sites excluding steroid dienone is 6. The molecule has 0 amide bonds. The molecular weight excluding hydrogens is 2300 g/mol. The Balaban J connectivity index is 0.000000290. The van der Waals surface area contributed by atoms with Crippen molar-refractivity contribution in [3.8, 4) is 56.3 Å². The molecular formula is C125H148Ir3N5O6Si2-5. The number of fused-ring (bicyclic) bond motifs is 5. The Bertz CT molecular complexity index is 6410. The Morgan fingerprint density at radius 3 is 0.887 bits per heavy atom. The van der Waals surface area contributed by atoms with Crippen LogP contribution in [0.5, 0.6) is 0 Å². The average molecular weight is 2450 g/mol. The summed E-state index contributed by atoms with van der Waals surface area (Å²) in [6.45, 7) is 62.4. The number of aryl methyl sites for hydroxylation is 10. The molecule has 16 heteroatoms. The minimum absolute atomic E-state index is 0. The number of carbonyl (C=O) groups is 3. The van der Waals surface area contributed by atoms with Crippen molar-refractivity contribution in [1.29, 1.82) is 0 Å². The summed E-state index contributed by atoms with van der Waals surface area (Å²) < 4.78 is 0.